The number of benzene rings is 1. The number of carbonyl (C=O) groups is 1. The number of thiazole rings is 1. The standard InChI is InChI=1S/C13H13NO2S/c1-16-13(15)12-11(17-9-14-12)8-7-10-5-3-2-4-6-10/h2-6,9H,7-8H2,1H3. The third-order valence-electron chi connectivity index (χ3n) is 2.50. The molecule has 0 atom stereocenters. The van der Waals surface area contributed by atoms with E-state index < -0.39 is 0 Å². The molecule has 1 heterocycles. The maximum absolute atomic E-state index is 11.4. The smallest absolute Gasteiger partial charge is 0.357 e. The average Bonchev–Trinajstić information content (AvgIpc) is 2.85. The lowest BCUT2D eigenvalue weighted by Crippen LogP contribution is -2.05. The molecule has 0 unspecified atom stereocenters. The number of aromatic nitrogens is 1. The number of rotatable bonds is 4. The molecule has 0 aliphatic rings. The number of methoxy groups -OCH3 is 1. The van der Waals surface area contributed by atoms with Crippen molar-refractivity contribution < 1.29 is 9.53 Å². The van der Waals surface area contributed by atoms with Crippen LogP contribution in [0.5, 0.6) is 0 Å². The summed E-state index contributed by atoms with van der Waals surface area (Å²) in [4.78, 5) is 16.5. The van der Waals surface area contributed by atoms with Crippen LogP contribution < -0.4 is 0 Å². The van der Waals surface area contributed by atoms with Gasteiger partial charge in [-0.3, -0.25) is 0 Å². The molecule has 1 aromatic carbocycles. The van der Waals surface area contributed by atoms with Gasteiger partial charge in [0, 0.05) is 4.88 Å². The molecular formula is C13H13NO2S. The Morgan fingerprint density at radius 1 is 1.29 bits per heavy atom. The molecule has 88 valence electrons. The van der Waals surface area contributed by atoms with Gasteiger partial charge in [-0.1, -0.05) is 30.3 Å². The molecule has 0 saturated heterocycles. The van der Waals surface area contributed by atoms with Crippen molar-refractivity contribution in [2.75, 3.05) is 7.11 Å². The summed E-state index contributed by atoms with van der Waals surface area (Å²) in [5.74, 6) is -0.352. The third-order valence-corrected chi connectivity index (χ3v) is 3.40. The molecule has 0 spiro atoms. The van der Waals surface area contributed by atoms with Crippen LogP contribution in [-0.4, -0.2) is 18.1 Å². The fourth-order valence-electron chi connectivity index (χ4n) is 1.61. The van der Waals surface area contributed by atoms with E-state index in [0.717, 1.165) is 17.7 Å². The third kappa shape index (κ3) is 2.91. The minimum Gasteiger partial charge on any atom is -0.464 e. The van der Waals surface area contributed by atoms with E-state index in [1.165, 1.54) is 24.0 Å². The van der Waals surface area contributed by atoms with Crippen LogP contribution in [0.4, 0.5) is 0 Å². The molecule has 0 aliphatic heterocycles. The first kappa shape index (κ1) is 11.8. The van der Waals surface area contributed by atoms with Gasteiger partial charge < -0.3 is 4.74 Å². The highest BCUT2D eigenvalue weighted by Crippen LogP contribution is 2.17. The molecule has 0 N–H and O–H groups in total. The van der Waals surface area contributed by atoms with Gasteiger partial charge in [0.2, 0.25) is 0 Å². The number of hydrogen-bond acceptors (Lipinski definition) is 4. The highest BCUT2D eigenvalue weighted by atomic mass is 32.1. The summed E-state index contributed by atoms with van der Waals surface area (Å²) in [5, 5.41) is 0. The van der Waals surface area contributed by atoms with Crippen LogP contribution in [-0.2, 0) is 17.6 Å². The zero-order chi connectivity index (χ0) is 12.1. The van der Waals surface area contributed by atoms with Gasteiger partial charge in [-0.2, -0.15) is 0 Å². The number of esters is 1. The molecule has 17 heavy (non-hydrogen) atoms. The van der Waals surface area contributed by atoms with Crippen LogP contribution in [0.25, 0.3) is 0 Å². The second kappa shape index (κ2) is 5.59. The maximum atomic E-state index is 11.4. The minimum absolute atomic E-state index is 0.352. The molecule has 1 aromatic heterocycles. The molecular weight excluding hydrogens is 234 g/mol. The SMILES string of the molecule is COC(=O)c1ncsc1CCc1ccccc1. The Morgan fingerprint density at radius 2 is 2.06 bits per heavy atom. The van der Waals surface area contributed by atoms with Gasteiger partial charge in [0.05, 0.1) is 12.6 Å². The van der Waals surface area contributed by atoms with Crippen LogP contribution in [0, 0.1) is 0 Å². The van der Waals surface area contributed by atoms with Crippen molar-refractivity contribution in [3.63, 3.8) is 0 Å². The minimum atomic E-state index is -0.352. The van der Waals surface area contributed by atoms with Gasteiger partial charge in [-0.15, -0.1) is 11.3 Å². The number of hydrogen-bond donors (Lipinski definition) is 0. The van der Waals surface area contributed by atoms with E-state index in [1.54, 1.807) is 5.51 Å². The first-order valence-electron chi connectivity index (χ1n) is 5.36. The first-order chi connectivity index (χ1) is 8.31. The molecule has 2 aromatic rings. The fraction of sp³-hybridized carbons (Fsp3) is 0.231. The van der Waals surface area contributed by atoms with Crippen molar-refractivity contribution in [1.82, 2.24) is 4.98 Å². The van der Waals surface area contributed by atoms with Crippen molar-refractivity contribution >= 4 is 17.3 Å². The van der Waals surface area contributed by atoms with E-state index in [9.17, 15) is 4.79 Å². The number of carbonyl (C=O) groups excluding carboxylic acids is 1. The Kier molecular flexibility index (Phi) is 3.88. The van der Waals surface area contributed by atoms with Crippen LogP contribution in [0.1, 0.15) is 20.9 Å². The summed E-state index contributed by atoms with van der Waals surface area (Å²) < 4.78 is 4.69. The molecule has 0 aliphatic carbocycles. The lowest BCUT2D eigenvalue weighted by Gasteiger charge is -2.01. The second-order valence-electron chi connectivity index (χ2n) is 3.60. The van der Waals surface area contributed by atoms with E-state index in [0.29, 0.717) is 5.69 Å². The number of aryl methyl sites for hydroxylation is 2. The summed E-state index contributed by atoms with van der Waals surface area (Å²) in [7, 11) is 1.38. The maximum Gasteiger partial charge on any atom is 0.357 e. The lowest BCUT2D eigenvalue weighted by molar-refractivity contribution is 0.0593. The Morgan fingerprint density at radius 3 is 2.76 bits per heavy atom. The highest BCUT2D eigenvalue weighted by Gasteiger charge is 2.14. The predicted molar refractivity (Wildman–Crippen MR) is 67.3 cm³/mol. The molecule has 0 bridgehead atoms. The van der Waals surface area contributed by atoms with Crippen LogP contribution in [0.3, 0.4) is 0 Å². The summed E-state index contributed by atoms with van der Waals surface area (Å²) in [6.07, 6.45) is 1.73. The average molecular weight is 247 g/mol. The second-order valence-corrected chi connectivity index (χ2v) is 4.54. The Hall–Kier alpha value is -1.68. The van der Waals surface area contributed by atoms with E-state index in [1.807, 2.05) is 18.2 Å². The molecule has 0 saturated carbocycles. The quantitative estimate of drug-likeness (QED) is 0.780. The van der Waals surface area contributed by atoms with Crippen molar-refractivity contribution in [3.05, 3.63) is 52.0 Å². The van der Waals surface area contributed by atoms with Gasteiger partial charge in [0.25, 0.3) is 0 Å². The van der Waals surface area contributed by atoms with Crippen LogP contribution in [0.2, 0.25) is 0 Å². The molecule has 0 radical (unpaired) electrons. The number of ether oxygens (including phenoxy) is 1. The molecule has 0 amide bonds. The van der Waals surface area contributed by atoms with Gasteiger partial charge in [0.15, 0.2) is 5.69 Å². The van der Waals surface area contributed by atoms with Crippen molar-refractivity contribution in [2.45, 2.75) is 12.8 Å². The Balaban J connectivity index is 2.05. The lowest BCUT2D eigenvalue weighted by atomic mass is 10.1. The van der Waals surface area contributed by atoms with E-state index in [-0.39, 0.29) is 5.97 Å². The topological polar surface area (TPSA) is 39.2 Å². The van der Waals surface area contributed by atoms with E-state index in [4.69, 9.17) is 4.74 Å². The van der Waals surface area contributed by atoms with Gasteiger partial charge >= 0.3 is 5.97 Å². The normalized spacial score (nSPS) is 10.2. The Bertz CT molecular complexity index is 493. The summed E-state index contributed by atoms with van der Waals surface area (Å²) in [6.45, 7) is 0. The van der Waals surface area contributed by atoms with Crippen molar-refractivity contribution in [1.29, 1.82) is 0 Å². The van der Waals surface area contributed by atoms with Gasteiger partial charge in [-0.25, -0.2) is 9.78 Å². The molecule has 2 rings (SSSR count). The first-order valence-corrected chi connectivity index (χ1v) is 6.24. The van der Waals surface area contributed by atoms with E-state index >= 15 is 0 Å². The summed E-state index contributed by atoms with van der Waals surface area (Å²) in [6, 6.07) is 10.2. The summed E-state index contributed by atoms with van der Waals surface area (Å²) in [5.41, 5.74) is 3.40. The fourth-order valence-corrected chi connectivity index (χ4v) is 2.37. The predicted octanol–water partition coefficient (Wildman–Crippen LogP) is 2.71. The molecule has 0 fully saturated rings. The number of nitrogens with zero attached hydrogens (tertiary/aromatic N) is 1. The van der Waals surface area contributed by atoms with Crippen molar-refractivity contribution in [2.24, 2.45) is 0 Å². The van der Waals surface area contributed by atoms with Gasteiger partial charge in [0.1, 0.15) is 0 Å². The van der Waals surface area contributed by atoms with E-state index in [2.05, 4.69) is 17.1 Å². The zero-order valence-electron chi connectivity index (χ0n) is 9.55. The monoisotopic (exact) mass is 247 g/mol. The summed E-state index contributed by atoms with van der Waals surface area (Å²) >= 11 is 1.50. The van der Waals surface area contributed by atoms with Crippen molar-refractivity contribution in [3.8, 4) is 0 Å². The van der Waals surface area contributed by atoms with Crippen LogP contribution in [0.15, 0.2) is 35.8 Å². The van der Waals surface area contributed by atoms with Crippen LogP contribution >= 0.6 is 11.3 Å². The van der Waals surface area contributed by atoms with Gasteiger partial charge in [-0.05, 0) is 18.4 Å². The highest BCUT2D eigenvalue weighted by molar-refractivity contribution is 7.09. The largest absolute Gasteiger partial charge is 0.464 e. The molecule has 4 heteroatoms. The molecule has 3 nitrogen and oxygen atoms in total. The zero-order valence-corrected chi connectivity index (χ0v) is 10.4. The Labute approximate surface area is 104 Å².